The Bertz CT molecular complexity index is 1060. The van der Waals surface area contributed by atoms with Crippen LogP contribution in [0.2, 0.25) is 0 Å². The number of hydrogen-bond acceptors (Lipinski definition) is 5. The van der Waals surface area contributed by atoms with Crippen molar-refractivity contribution in [1.82, 2.24) is 5.32 Å². The molecule has 6 nitrogen and oxygen atoms in total. The second-order valence-corrected chi connectivity index (χ2v) is 10.7. The van der Waals surface area contributed by atoms with Crippen molar-refractivity contribution < 1.29 is 18.0 Å². The molecule has 28 heavy (non-hydrogen) atoms. The first-order chi connectivity index (χ1) is 13.3. The maximum absolute atomic E-state index is 13.0. The number of rotatable bonds is 4. The highest BCUT2D eigenvalue weighted by molar-refractivity contribution is 7.91. The van der Waals surface area contributed by atoms with Crippen LogP contribution in [0.3, 0.4) is 0 Å². The van der Waals surface area contributed by atoms with Crippen LogP contribution in [0.1, 0.15) is 49.6 Å². The molecule has 0 radical (unpaired) electrons. The molecule has 1 aliphatic heterocycles. The molecule has 2 aliphatic rings. The van der Waals surface area contributed by atoms with Crippen LogP contribution in [0.5, 0.6) is 0 Å². The lowest BCUT2D eigenvalue weighted by Crippen LogP contribution is -2.36. The average Bonchev–Trinajstić information content (AvgIpc) is 3.29. The maximum atomic E-state index is 13.0. The Kier molecular flexibility index (Phi) is 5.01. The number of carbonyl (C=O) groups is 2. The smallest absolute Gasteiger partial charge is 0.256 e. The summed E-state index contributed by atoms with van der Waals surface area (Å²) in [6, 6.07) is 6.95. The fourth-order valence-electron chi connectivity index (χ4n) is 3.90. The van der Waals surface area contributed by atoms with Gasteiger partial charge in [0.15, 0.2) is 9.84 Å². The minimum Gasteiger partial charge on any atom is -0.348 e. The molecule has 1 saturated heterocycles. The third kappa shape index (κ3) is 3.71. The van der Waals surface area contributed by atoms with Crippen LogP contribution in [0, 0.1) is 6.92 Å². The van der Waals surface area contributed by atoms with E-state index in [-0.39, 0.29) is 29.4 Å². The molecule has 1 aromatic heterocycles. The van der Waals surface area contributed by atoms with Crippen molar-refractivity contribution >= 4 is 38.0 Å². The van der Waals surface area contributed by atoms with Gasteiger partial charge in [0.1, 0.15) is 5.00 Å². The monoisotopic (exact) mass is 418 g/mol. The number of amides is 2. The van der Waals surface area contributed by atoms with Crippen LogP contribution >= 0.6 is 11.3 Å². The van der Waals surface area contributed by atoms with Crippen molar-refractivity contribution in [1.29, 1.82) is 0 Å². The summed E-state index contributed by atoms with van der Waals surface area (Å²) in [7, 11) is -3.07. The van der Waals surface area contributed by atoms with Crippen LogP contribution in [0.4, 0.5) is 5.00 Å². The Labute approximate surface area is 168 Å². The molecule has 0 saturated carbocycles. The molecule has 0 spiro atoms. The van der Waals surface area contributed by atoms with E-state index in [4.69, 9.17) is 0 Å². The molecule has 1 atom stereocenters. The number of benzene rings is 1. The second-order valence-electron chi connectivity index (χ2n) is 7.40. The van der Waals surface area contributed by atoms with Gasteiger partial charge in [-0.3, -0.25) is 9.59 Å². The SMILES string of the molecule is Cc1ccccc1C(=O)Nc1sc2c(c1C(=O)N[C@H]1CCS(=O)(=O)C1)CCC2. The maximum Gasteiger partial charge on any atom is 0.256 e. The summed E-state index contributed by atoms with van der Waals surface area (Å²) >= 11 is 1.45. The second kappa shape index (κ2) is 7.33. The van der Waals surface area contributed by atoms with E-state index < -0.39 is 9.84 Å². The van der Waals surface area contributed by atoms with Crippen molar-refractivity contribution in [2.45, 2.75) is 38.6 Å². The van der Waals surface area contributed by atoms with Gasteiger partial charge < -0.3 is 10.6 Å². The van der Waals surface area contributed by atoms with Gasteiger partial charge in [-0.2, -0.15) is 0 Å². The van der Waals surface area contributed by atoms with Gasteiger partial charge >= 0.3 is 0 Å². The molecule has 2 amide bonds. The first kappa shape index (κ1) is 19.1. The number of sulfone groups is 1. The van der Waals surface area contributed by atoms with Gasteiger partial charge in [0.05, 0.1) is 17.1 Å². The van der Waals surface area contributed by atoms with E-state index >= 15 is 0 Å². The van der Waals surface area contributed by atoms with Crippen LogP contribution < -0.4 is 10.6 Å². The van der Waals surface area contributed by atoms with Crippen molar-refractivity contribution in [3.8, 4) is 0 Å². The van der Waals surface area contributed by atoms with Gasteiger partial charge in [-0.15, -0.1) is 11.3 Å². The Balaban J connectivity index is 1.60. The van der Waals surface area contributed by atoms with Gasteiger partial charge in [-0.05, 0) is 49.8 Å². The van der Waals surface area contributed by atoms with Gasteiger partial charge in [-0.25, -0.2) is 8.42 Å². The lowest BCUT2D eigenvalue weighted by atomic mass is 10.1. The van der Waals surface area contributed by atoms with Gasteiger partial charge in [0, 0.05) is 16.5 Å². The Morgan fingerprint density at radius 3 is 2.64 bits per heavy atom. The van der Waals surface area contributed by atoms with E-state index in [1.165, 1.54) is 11.3 Å². The van der Waals surface area contributed by atoms with Gasteiger partial charge in [0.25, 0.3) is 11.8 Å². The highest BCUT2D eigenvalue weighted by Crippen LogP contribution is 2.39. The predicted octanol–water partition coefficient (Wildman–Crippen LogP) is 2.71. The predicted molar refractivity (Wildman–Crippen MR) is 110 cm³/mol. The van der Waals surface area contributed by atoms with Crippen molar-refractivity contribution in [3.63, 3.8) is 0 Å². The summed E-state index contributed by atoms with van der Waals surface area (Å²) in [5, 5.41) is 6.34. The minimum absolute atomic E-state index is 0.0179. The summed E-state index contributed by atoms with van der Waals surface area (Å²) in [5.74, 6) is -0.441. The van der Waals surface area contributed by atoms with Crippen LogP contribution in [-0.2, 0) is 22.7 Å². The normalized spacial score (nSPS) is 20.0. The third-order valence-corrected chi connectivity index (χ3v) is 8.31. The summed E-state index contributed by atoms with van der Waals surface area (Å²) in [6.45, 7) is 1.87. The highest BCUT2D eigenvalue weighted by Gasteiger charge is 2.32. The molecule has 0 bridgehead atoms. The third-order valence-electron chi connectivity index (χ3n) is 5.33. The standard InChI is InChI=1S/C20H22N2O4S2/c1-12-5-2-3-6-14(12)18(23)22-20-17(15-7-4-8-16(15)27-20)19(24)21-13-9-10-28(25,26)11-13/h2-3,5-6,13H,4,7-11H2,1H3,(H,21,24)(H,22,23)/t13-/m0/s1. The number of anilines is 1. The van der Waals surface area contributed by atoms with E-state index in [0.717, 1.165) is 35.3 Å². The number of hydrogen-bond donors (Lipinski definition) is 2. The summed E-state index contributed by atoms with van der Waals surface area (Å²) in [6.07, 6.45) is 3.13. The number of nitrogens with one attached hydrogen (secondary N) is 2. The number of carbonyl (C=O) groups excluding carboxylic acids is 2. The molecule has 148 valence electrons. The molecule has 1 aliphatic carbocycles. The number of thiophene rings is 1. The fraction of sp³-hybridized carbons (Fsp3) is 0.400. The lowest BCUT2D eigenvalue weighted by Gasteiger charge is -2.13. The Morgan fingerprint density at radius 2 is 1.93 bits per heavy atom. The van der Waals surface area contributed by atoms with Crippen LogP contribution in [0.25, 0.3) is 0 Å². The molecule has 2 heterocycles. The molecule has 8 heteroatoms. The zero-order chi connectivity index (χ0) is 19.9. The average molecular weight is 419 g/mol. The van der Waals surface area contributed by atoms with E-state index in [1.54, 1.807) is 6.07 Å². The molecule has 1 fully saturated rings. The first-order valence-corrected chi connectivity index (χ1v) is 12.0. The molecule has 0 unspecified atom stereocenters. The molecular weight excluding hydrogens is 396 g/mol. The summed E-state index contributed by atoms with van der Waals surface area (Å²) in [4.78, 5) is 26.9. The molecule has 2 N–H and O–H groups in total. The Hall–Kier alpha value is -2.19. The van der Waals surface area contributed by atoms with Gasteiger partial charge in [-0.1, -0.05) is 18.2 Å². The number of aryl methyl sites for hydroxylation is 2. The van der Waals surface area contributed by atoms with Crippen LogP contribution in [0.15, 0.2) is 24.3 Å². The van der Waals surface area contributed by atoms with E-state index in [2.05, 4.69) is 10.6 Å². The number of fused-ring (bicyclic) bond motifs is 1. The highest BCUT2D eigenvalue weighted by atomic mass is 32.2. The summed E-state index contributed by atoms with van der Waals surface area (Å²) < 4.78 is 23.4. The van der Waals surface area contributed by atoms with E-state index in [0.29, 0.717) is 22.5 Å². The molecule has 4 rings (SSSR count). The van der Waals surface area contributed by atoms with Crippen LogP contribution in [-0.4, -0.2) is 37.8 Å². The molecule has 2 aromatic rings. The molecule has 1 aromatic carbocycles. The van der Waals surface area contributed by atoms with Crippen molar-refractivity contribution in [2.75, 3.05) is 16.8 Å². The first-order valence-electron chi connectivity index (χ1n) is 9.37. The van der Waals surface area contributed by atoms with Crippen molar-refractivity contribution in [2.24, 2.45) is 0 Å². The zero-order valence-electron chi connectivity index (χ0n) is 15.6. The Morgan fingerprint density at radius 1 is 1.14 bits per heavy atom. The van der Waals surface area contributed by atoms with Crippen molar-refractivity contribution in [3.05, 3.63) is 51.4 Å². The van der Waals surface area contributed by atoms with E-state index in [1.807, 2.05) is 25.1 Å². The summed E-state index contributed by atoms with van der Waals surface area (Å²) in [5.41, 5.74) is 2.93. The topological polar surface area (TPSA) is 92.3 Å². The van der Waals surface area contributed by atoms with Gasteiger partial charge in [0.2, 0.25) is 0 Å². The molecular formula is C20H22N2O4S2. The quantitative estimate of drug-likeness (QED) is 0.799. The lowest BCUT2D eigenvalue weighted by molar-refractivity contribution is 0.0941. The fourth-order valence-corrected chi connectivity index (χ4v) is 6.85. The largest absolute Gasteiger partial charge is 0.348 e. The minimum atomic E-state index is -3.07. The van der Waals surface area contributed by atoms with E-state index in [9.17, 15) is 18.0 Å². The zero-order valence-corrected chi connectivity index (χ0v) is 17.2.